The first kappa shape index (κ1) is 14.2. The molecule has 0 saturated heterocycles. The third kappa shape index (κ3) is 3.13. The van der Waals surface area contributed by atoms with Crippen molar-refractivity contribution in [3.05, 3.63) is 76.5 Å². The summed E-state index contributed by atoms with van der Waals surface area (Å²) in [5.74, 6) is 5.78. The van der Waals surface area contributed by atoms with Gasteiger partial charge in [0.15, 0.2) is 0 Å². The van der Waals surface area contributed by atoms with Crippen LogP contribution in [0.1, 0.15) is 17.3 Å². The van der Waals surface area contributed by atoms with Gasteiger partial charge >= 0.3 is 0 Å². The van der Waals surface area contributed by atoms with Gasteiger partial charge in [-0.1, -0.05) is 52.3 Å². The molecule has 3 aromatic rings. The predicted octanol–water partition coefficient (Wildman–Crippen LogP) is 3.74. The van der Waals surface area contributed by atoms with Crippen molar-refractivity contribution in [1.82, 2.24) is 10.4 Å². The van der Waals surface area contributed by atoms with Gasteiger partial charge in [0.2, 0.25) is 0 Å². The molecule has 1 aromatic heterocycles. The monoisotopic (exact) mass is 341 g/mol. The number of nitrogens with two attached hydrogens (primary N) is 1. The lowest BCUT2D eigenvalue weighted by Crippen LogP contribution is -2.30. The molecule has 0 aliphatic heterocycles. The van der Waals surface area contributed by atoms with Crippen LogP contribution in [0.25, 0.3) is 10.8 Å². The normalized spacial score (nSPS) is 12.5. The summed E-state index contributed by atoms with van der Waals surface area (Å²) in [5, 5.41) is 2.31. The van der Waals surface area contributed by atoms with E-state index in [1.807, 2.05) is 36.5 Å². The zero-order chi connectivity index (χ0) is 14.7. The summed E-state index contributed by atoms with van der Waals surface area (Å²) in [6.07, 6.45) is 2.62. The zero-order valence-corrected chi connectivity index (χ0v) is 13.0. The Bertz CT molecular complexity index is 752. The van der Waals surface area contributed by atoms with Crippen LogP contribution in [-0.2, 0) is 6.42 Å². The summed E-state index contributed by atoms with van der Waals surface area (Å²) in [6.45, 7) is 0. The van der Waals surface area contributed by atoms with E-state index < -0.39 is 0 Å². The summed E-state index contributed by atoms with van der Waals surface area (Å²) in [5.41, 5.74) is 5.09. The van der Waals surface area contributed by atoms with Crippen LogP contribution in [0.5, 0.6) is 0 Å². The molecule has 3 nitrogen and oxygen atoms in total. The van der Waals surface area contributed by atoms with Crippen LogP contribution in [0.15, 0.2) is 65.3 Å². The first-order chi connectivity index (χ1) is 10.3. The van der Waals surface area contributed by atoms with Gasteiger partial charge in [0.25, 0.3) is 0 Å². The SMILES string of the molecule is NNC(Cc1cccc(Br)c1)c1nccc2ccccc12. The van der Waals surface area contributed by atoms with Gasteiger partial charge in [-0.2, -0.15) is 0 Å². The van der Waals surface area contributed by atoms with Crippen LogP contribution < -0.4 is 11.3 Å². The molecule has 0 fully saturated rings. The van der Waals surface area contributed by atoms with Crippen molar-refractivity contribution < 1.29 is 0 Å². The van der Waals surface area contributed by atoms with Crippen LogP contribution in [-0.4, -0.2) is 4.98 Å². The first-order valence-electron chi connectivity index (χ1n) is 6.82. The highest BCUT2D eigenvalue weighted by Crippen LogP contribution is 2.25. The number of fused-ring (bicyclic) bond motifs is 1. The smallest absolute Gasteiger partial charge is 0.0678 e. The molecule has 0 amide bonds. The highest BCUT2D eigenvalue weighted by molar-refractivity contribution is 9.10. The second-order valence-electron chi connectivity index (χ2n) is 4.97. The molecule has 21 heavy (non-hydrogen) atoms. The number of nitrogens with zero attached hydrogens (tertiary/aromatic N) is 1. The quantitative estimate of drug-likeness (QED) is 0.561. The van der Waals surface area contributed by atoms with E-state index in [0.29, 0.717) is 0 Å². The Hall–Kier alpha value is -1.75. The molecule has 1 atom stereocenters. The minimum Gasteiger partial charge on any atom is -0.271 e. The van der Waals surface area contributed by atoms with E-state index in [-0.39, 0.29) is 6.04 Å². The molecule has 2 aromatic carbocycles. The largest absolute Gasteiger partial charge is 0.271 e. The van der Waals surface area contributed by atoms with Crippen molar-refractivity contribution in [3.8, 4) is 0 Å². The first-order valence-corrected chi connectivity index (χ1v) is 7.61. The maximum atomic E-state index is 5.78. The van der Waals surface area contributed by atoms with Crippen LogP contribution in [0, 0.1) is 0 Å². The summed E-state index contributed by atoms with van der Waals surface area (Å²) >= 11 is 3.50. The Morgan fingerprint density at radius 3 is 2.76 bits per heavy atom. The Kier molecular flexibility index (Phi) is 4.29. The number of rotatable bonds is 4. The van der Waals surface area contributed by atoms with Crippen LogP contribution >= 0.6 is 15.9 Å². The summed E-state index contributed by atoms with van der Waals surface area (Å²) in [4.78, 5) is 4.54. The number of halogens is 1. The molecule has 3 rings (SSSR count). The molecule has 0 bridgehead atoms. The Morgan fingerprint density at radius 2 is 1.95 bits per heavy atom. The van der Waals surface area contributed by atoms with Gasteiger partial charge in [-0.05, 0) is 35.6 Å². The molecule has 4 heteroatoms. The fourth-order valence-corrected chi connectivity index (χ4v) is 3.00. The van der Waals surface area contributed by atoms with E-state index in [1.165, 1.54) is 10.9 Å². The van der Waals surface area contributed by atoms with Crippen molar-refractivity contribution in [1.29, 1.82) is 0 Å². The van der Waals surface area contributed by atoms with Crippen LogP contribution in [0.4, 0.5) is 0 Å². The second kappa shape index (κ2) is 6.35. The molecule has 3 N–H and O–H groups in total. The second-order valence-corrected chi connectivity index (χ2v) is 5.89. The molecule has 0 aliphatic rings. The number of pyridine rings is 1. The number of hydrogen-bond acceptors (Lipinski definition) is 3. The fourth-order valence-electron chi connectivity index (χ4n) is 2.55. The highest BCUT2D eigenvalue weighted by Gasteiger charge is 2.15. The summed E-state index contributed by atoms with van der Waals surface area (Å²) in [7, 11) is 0. The van der Waals surface area contributed by atoms with Crippen molar-refractivity contribution >= 4 is 26.7 Å². The lowest BCUT2D eigenvalue weighted by atomic mass is 9.99. The lowest BCUT2D eigenvalue weighted by molar-refractivity contribution is 0.542. The molecule has 0 saturated carbocycles. The van der Waals surface area contributed by atoms with Gasteiger partial charge in [-0.3, -0.25) is 16.3 Å². The average molecular weight is 342 g/mol. The minimum atomic E-state index is -0.0228. The highest BCUT2D eigenvalue weighted by atomic mass is 79.9. The van der Waals surface area contributed by atoms with Crippen molar-refractivity contribution in [2.75, 3.05) is 0 Å². The Morgan fingerprint density at radius 1 is 1.10 bits per heavy atom. The Balaban J connectivity index is 1.98. The van der Waals surface area contributed by atoms with E-state index in [4.69, 9.17) is 5.84 Å². The minimum absolute atomic E-state index is 0.0228. The van der Waals surface area contributed by atoms with Crippen LogP contribution in [0.2, 0.25) is 0 Å². The van der Waals surface area contributed by atoms with Crippen molar-refractivity contribution in [2.45, 2.75) is 12.5 Å². The number of hydrazine groups is 1. The van der Waals surface area contributed by atoms with E-state index >= 15 is 0 Å². The van der Waals surface area contributed by atoms with Gasteiger partial charge in [0, 0.05) is 16.1 Å². The van der Waals surface area contributed by atoms with Gasteiger partial charge in [-0.25, -0.2) is 0 Å². The molecular weight excluding hydrogens is 326 g/mol. The fraction of sp³-hybridized carbons (Fsp3) is 0.118. The third-order valence-corrected chi connectivity index (χ3v) is 4.06. The van der Waals surface area contributed by atoms with Gasteiger partial charge in [0.1, 0.15) is 0 Å². The van der Waals surface area contributed by atoms with Gasteiger partial charge in [-0.15, -0.1) is 0 Å². The number of hydrogen-bond donors (Lipinski definition) is 2. The standard InChI is InChI=1S/C17H16BrN3/c18-14-6-3-4-12(10-14)11-16(21-19)17-15-7-2-1-5-13(15)8-9-20-17/h1-10,16,21H,11,19H2. The molecule has 1 heterocycles. The maximum Gasteiger partial charge on any atom is 0.0678 e. The van der Waals surface area contributed by atoms with Crippen molar-refractivity contribution in [2.24, 2.45) is 5.84 Å². The molecule has 1 unspecified atom stereocenters. The summed E-state index contributed by atoms with van der Waals surface area (Å²) < 4.78 is 1.07. The van der Waals surface area contributed by atoms with E-state index in [0.717, 1.165) is 22.0 Å². The molecule has 0 aliphatic carbocycles. The average Bonchev–Trinajstić information content (AvgIpc) is 2.52. The number of aromatic nitrogens is 1. The topological polar surface area (TPSA) is 50.9 Å². The van der Waals surface area contributed by atoms with E-state index in [1.54, 1.807) is 0 Å². The lowest BCUT2D eigenvalue weighted by Gasteiger charge is -2.17. The van der Waals surface area contributed by atoms with Crippen LogP contribution in [0.3, 0.4) is 0 Å². The van der Waals surface area contributed by atoms with E-state index in [9.17, 15) is 0 Å². The summed E-state index contributed by atoms with van der Waals surface area (Å²) in [6, 6.07) is 18.5. The molecular formula is C17H16BrN3. The molecule has 0 radical (unpaired) electrons. The Labute approximate surface area is 132 Å². The molecule has 106 valence electrons. The zero-order valence-electron chi connectivity index (χ0n) is 11.5. The number of nitrogens with one attached hydrogen (secondary N) is 1. The molecule has 0 spiro atoms. The van der Waals surface area contributed by atoms with E-state index in [2.05, 4.69) is 50.6 Å². The third-order valence-electron chi connectivity index (χ3n) is 3.56. The predicted molar refractivity (Wildman–Crippen MR) is 89.7 cm³/mol. The maximum absolute atomic E-state index is 5.78. The van der Waals surface area contributed by atoms with Crippen molar-refractivity contribution in [3.63, 3.8) is 0 Å². The van der Waals surface area contributed by atoms with Gasteiger partial charge in [0.05, 0.1) is 11.7 Å². The van der Waals surface area contributed by atoms with Gasteiger partial charge < -0.3 is 0 Å². The number of benzene rings is 2.